The van der Waals surface area contributed by atoms with Crippen molar-refractivity contribution in [1.29, 1.82) is 0 Å². The molecule has 4 N–H and O–H groups in total. The smallest absolute Gasteiger partial charge is 0.333 e. The van der Waals surface area contributed by atoms with Gasteiger partial charge in [0.05, 0.1) is 22.3 Å². The number of amides is 2. The summed E-state index contributed by atoms with van der Waals surface area (Å²) < 4.78 is 14.9. The molecule has 0 aliphatic rings. The normalized spacial score (nSPS) is 10.6. The Morgan fingerprint density at radius 1 is 1.12 bits per heavy atom. The lowest BCUT2D eigenvalue weighted by Gasteiger charge is -2.10. The van der Waals surface area contributed by atoms with E-state index < -0.39 is 23.1 Å². The Bertz CT molecular complexity index is 1100. The quantitative estimate of drug-likeness (QED) is 0.571. The number of aromatic amines is 1. The van der Waals surface area contributed by atoms with E-state index in [4.69, 9.17) is 0 Å². The second kappa shape index (κ2) is 6.71. The maximum absolute atomic E-state index is 14.0. The van der Waals surface area contributed by atoms with Gasteiger partial charge in [-0.25, -0.2) is 18.5 Å². The highest BCUT2D eigenvalue weighted by Gasteiger charge is 2.13. The number of nitrogens with zero attached hydrogens (tertiary/aromatic N) is 1. The number of carbonyl (C=O) groups excluding carboxylic acids is 1. The lowest BCUT2D eigenvalue weighted by molar-refractivity contribution is 0.254. The first-order valence-electron chi connectivity index (χ1n) is 7.70. The number of rotatable bonds is 3. The molecule has 0 radical (unpaired) electrons. The summed E-state index contributed by atoms with van der Waals surface area (Å²) in [6, 6.07) is 8.16. The van der Waals surface area contributed by atoms with Crippen molar-refractivity contribution in [3.05, 3.63) is 63.1 Å². The van der Waals surface area contributed by atoms with Crippen molar-refractivity contribution in [2.24, 2.45) is 0 Å². The predicted molar refractivity (Wildman–Crippen MR) is 97.7 cm³/mol. The summed E-state index contributed by atoms with van der Waals surface area (Å²) >= 11 is 0. The molecule has 0 atom stereocenters. The number of urea groups is 1. The van der Waals surface area contributed by atoms with Gasteiger partial charge in [0.2, 0.25) is 0 Å². The van der Waals surface area contributed by atoms with Gasteiger partial charge in [-0.3, -0.25) is 4.79 Å². The Hall–Kier alpha value is -3.62. The van der Waals surface area contributed by atoms with E-state index in [0.717, 1.165) is 10.6 Å². The average Bonchev–Trinajstić information content (AvgIpc) is 2.63. The number of anilines is 2. The van der Waals surface area contributed by atoms with Gasteiger partial charge in [0.15, 0.2) is 0 Å². The first-order valence-corrected chi connectivity index (χ1v) is 7.70. The lowest BCUT2D eigenvalue weighted by Crippen LogP contribution is -2.33. The van der Waals surface area contributed by atoms with E-state index in [9.17, 15) is 18.8 Å². The van der Waals surface area contributed by atoms with Crippen LogP contribution in [-0.4, -0.2) is 29.7 Å². The summed E-state index contributed by atoms with van der Waals surface area (Å²) in [5.74, 6) is -0.596. The monoisotopic (exact) mass is 357 g/mol. The summed E-state index contributed by atoms with van der Waals surface area (Å²) in [7, 11) is 3.02. The second-order valence-corrected chi connectivity index (χ2v) is 5.45. The number of halogens is 1. The molecule has 8 nitrogen and oxygen atoms in total. The van der Waals surface area contributed by atoms with E-state index in [2.05, 4.69) is 20.9 Å². The van der Waals surface area contributed by atoms with Crippen molar-refractivity contribution in [3.63, 3.8) is 0 Å². The van der Waals surface area contributed by atoms with Crippen LogP contribution in [0.5, 0.6) is 0 Å². The minimum absolute atomic E-state index is 0.0497. The molecule has 0 saturated carbocycles. The molecule has 0 spiro atoms. The first kappa shape index (κ1) is 17.2. The summed E-state index contributed by atoms with van der Waals surface area (Å²) in [4.78, 5) is 38.9. The maximum Gasteiger partial charge on any atom is 0.333 e. The summed E-state index contributed by atoms with van der Waals surface area (Å²) in [6.45, 7) is 0. The summed E-state index contributed by atoms with van der Waals surface area (Å²) in [6.07, 6.45) is 0. The minimum atomic E-state index is -0.650. The van der Waals surface area contributed by atoms with Gasteiger partial charge in [0.1, 0.15) is 5.82 Å². The lowest BCUT2D eigenvalue weighted by atomic mass is 10.2. The highest BCUT2D eigenvalue weighted by atomic mass is 19.1. The zero-order chi connectivity index (χ0) is 18.8. The third kappa shape index (κ3) is 3.02. The average molecular weight is 357 g/mol. The van der Waals surface area contributed by atoms with Crippen molar-refractivity contribution < 1.29 is 9.18 Å². The molecular formula is C17H16FN5O3. The van der Waals surface area contributed by atoms with Gasteiger partial charge in [-0.15, -0.1) is 0 Å². The SMILES string of the molecule is CNC(=O)Nc1ccc(-n2c(=O)[nH]c3cc(NC)c(F)cc3c2=O)cc1. The molecule has 134 valence electrons. The van der Waals surface area contributed by atoms with Gasteiger partial charge < -0.3 is 20.9 Å². The van der Waals surface area contributed by atoms with Crippen molar-refractivity contribution in [2.75, 3.05) is 24.7 Å². The Morgan fingerprint density at radius 3 is 2.42 bits per heavy atom. The Kier molecular flexibility index (Phi) is 4.44. The molecule has 9 heteroatoms. The minimum Gasteiger partial charge on any atom is -0.386 e. The number of hydrogen-bond donors (Lipinski definition) is 4. The molecule has 1 heterocycles. The Labute approximate surface area is 146 Å². The number of carbonyl (C=O) groups is 1. The van der Waals surface area contributed by atoms with Crippen LogP contribution in [-0.2, 0) is 0 Å². The molecule has 0 aliphatic carbocycles. The van der Waals surface area contributed by atoms with E-state index >= 15 is 0 Å². The summed E-state index contributed by atoms with van der Waals surface area (Å²) in [5.41, 5.74) is -0.0999. The number of benzene rings is 2. The van der Waals surface area contributed by atoms with Crippen LogP contribution < -0.4 is 27.2 Å². The van der Waals surface area contributed by atoms with E-state index in [0.29, 0.717) is 11.4 Å². The Morgan fingerprint density at radius 2 is 1.81 bits per heavy atom. The highest BCUT2D eigenvalue weighted by molar-refractivity contribution is 5.89. The van der Waals surface area contributed by atoms with Crippen molar-refractivity contribution in [3.8, 4) is 5.69 Å². The molecule has 3 rings (SSSR count). The molecule has 0 bridgehead atoms. The van der Waals surface area contributed by atoms with Gasteiger partial charge in [0.25, 0.3) is 5.56 Å². The van der Waals surface area contributed by atoms with Crippen LogP contribution in [0.1, 0.15) is 0 Å². The predicted octanol–water partition coefficient (Wildman–Crippen LogP) is 1.61. The fraction of sp³-hybridized carbons (Fsp3) is 0.118. The van der Waals surface area contributed by atoms with Crippen LogP contribution in [0.25, 0.3) is 16.6 Å². The van der Waals surface area contributed by atoms with E-state index in [1.54, 1.807) is 12.1 Å². The highest BCUT2D eigenvalue weighted by Crippen LogP contribution is 2.19. The number of aromatic nitrogens is 2. The van der Waals surface area contributed by atoms with E-state index in [-0.39, 0.29) is 16.6 Å². The molecule has 0 unspecified atom stereocenters. The summed E-state index contributed by atoms with van der Waals surface area (Å²) in [5, 5.41) is 7.68. The van der Waals surface area contributed by atoms with Crippen molar-refractivity contribution in [2.45, 2.75) is 0 Å². The second-order valence-electron chi connectivity index (χ2n) is 5.45. The van der Waals surface area contributed by atoms with Crippen LogP contribution in [0.15, 0.2) is 46.0 Å². The van der Waals surface area contributed by atoms with Gasteiger partial charge in [-0.1, -0.05) is 0 Å². The molecular weight excluding hydrogens is 341 g/mol. The fourth-order valence-corrected chi connectivity index (χ4v) is 2.55. The van der Waals surface area contributed by atoms with Crippen molar-refractivity contribution >= 4 is 28.3 Å². The Balaban J connectivity index is 2.12. The van der Waals surface area contributed by atoms with E-state index in [1.807, 2.05) is 0 Å². The molecule has 1 aromatic heterocycles. The van der Waals surface area contributed by atoms with Gasteiger partial charge in [-0.05, 0) is 36.4 Å². The molecule has 3 aromatic rings. The topological polar surface area (TPSA) is 108 Å². The third-order valence-corrected chi connectivity index (χ3v) is 3.87. The molecule has 0 saturated heterocycles. The third-order valence-electron chi connectivity index (χ3n) is 3.87. The number of nitrogens with one attached hydrogen (secondary N) is 4. The maximum atomic E-state index is 14.0. The first-order chi connectivity index (χ1) is 12.4. The molecule has 0 aliphatic heterocycles. The van der Waals surface area contributed by atoms with E-state index in [1.165, 1.54) is 32.3 Å². The number of hydrogen-bond acceptors (Lipinski definition) is 4. The van der Waals surface area contributed by atoms with Crippen LogP contribution in [0, 0.1) is 5.82 Å². The van der Waals surface area contributed by atoms with Crippen LogP contribution in [0.2, 0.25) is 0 Å². The molecule has 0 fully saturated rings. The van der Waals surface area contributed by atoms with Gasteiger partial charge in [0, 0.05) is 19.8 Å². The fourth-order valence-electron chi connectivity index (χ4n) is 2.55. The zero-order valence-corrected chi connectivity index (χ0v) is 14.0. The van der Waals surface area contributed by atoms with Crippen LogP contribution in [0.3, 0.4) is 0 Å². The standard InChI is InChI=1S/C17H16FN5O3/c1-19-14-8-13-11(7-12(14)18)15(24)23(17(26)22-13)10-5-3-9(4-6-10)21-16(25)20-2/h3-8,19H,1-2H3,(H,22,26)(H2,20,21,25). The van der Waals surface area contributed by atoms with Gasteiger partial charge in [-0.2, -0.15) is 0 Å². The van der Waals surface area contributed by atoms with Crippen LogP contribution in [0.4, 0.5) is 20.6 Å². The molecule has 2 amide bonds. The largest absolute Gasteiger partial charge is 0.386 e. The molecule has 26 heavy (non-hydrogen) atoms. The van der Waals surface area contributed by atoms with Crippen molar-refractivity contribution in [1.82, 2.24) is 14.9 Å². The molecule has 2 aromatic carbocycles. The number of H-pyrrole nitrogens is 1. The number of fused-ring (bicyclic) bond motifs is 1. The zero-order valence-electron chi connectivity index (χ0n) is 14.0. The van der Waals surface area contributed by atoms with Crippen LogP contribution >= 0.6 is 0 Å². The van der Waals surface area contributed by atoms with Gasteiger partial charge >= 0.3 is 11.7 Å².